The molecule has 148 valence electrons. The number of rotatable bonds is 4. The van der Waals surface area contributed by atoms with Gasteiger partial charge in [0.05, 0.1) is 6.04 Å². The average molecular weight is 381 g/mol. The molecule has 2 unspecified atom stereocenters. The molecule has 0 fully saturated rings. The summed E-state index contributed by atoms with van der Waals surface area (Å²) in [4.78, 5) is 27.3. The maximum Gasteiger partial charge on any atom is 0.405 e. The number of anilines is 1. The van der Waals surface area contributed by atoms with Crippen LogP contribution in [0.1, 0.15) is 37.4 Å². The molecular formula is C22H27N3O3. The van der Waals surface area contributed by atoms with Crippen LogP contribution in [0.4, 0.5) is 10.5 Å². The number of carboxylic acid groups (broad SMARTS) is 1. The van der Waals surface area contributed by atoms with E-state index in [-0.39, 0.29) is 18.0 Å². The molecular weight excluding hydrogens is 354 g/mol. The van der Waals surface area contributed by atoms with Gasteiger partial charge in [0.2, 0.25) is 5.91 Å². The van der Waals surface area contributed by atoms with Crippen molar-refractivity contribution in [1.82, 2.24) is 10.2 Å². The monoisotopic (exact) mass is 381 g/mol. The highest BCUT2D eigenvalue weighted by molar-refractivity contribution is 5.94. The minimum atomic E-state index is -1.06. The fraction of sp³-hybridized carbons (Fsp3) is 0.364. The van der Waals surface area contributed by atoms with Crippen molar-refractivity contribution in [1.29, 1.82) is 0 Å². The Balaban J connectivity index is 2.00. The van der Waals surface area contributed by atoms with Crippen LogP contribution in [0.3, 0.4) is 0 Å². The van der Waals surface area contributed by atoms with Crippen LogP contribution in [0.5, 0.6) is 0 Å². The summed E-state index contributed by atoms with van der Waals surface area (Å²) in [6, 6.07) is 13.9. The van der Waals surface area contributed by atoms with Crippen molar-refractivity contribution in [3.63, 3.8) is 0 Å². The van der Waals surface area contributed by atoms with Gasteiger partial charge >= 0.3 is 6.09 Å². The summed E-state index contributed by atoms with van der Waals surface area (Å²) >= 11 is 0. The maximum atomic E-state index is 12.2. The summed E-state index contributed by atoms with van der Waals surface area (Å²) < 4.78 is 0. The molecule has 0 spiro atoms. The Bertz CT molecular complexity index is 877. The lowest BCUT2D eigenvalue weighted by Gasteiger charge is -2.39. The second-order valence-corrected chi connectivity index (χ2v) is 7.68. The number of nitrogens with one attached hydrogen (secondary N) is 1. The molecule has 0 radical (unpaired) electrons. The Morgan fingerprint density at radius 3 is 2.36 bits per heavy atom. The van der Waals surface area contributed by atoms with Gasteiger partial charge in [-0.05, 0) is 61.8 Å². The number of hydrogen-bond donors (Lipinski definition) is 2. The van der Waals surface area contributed by atoms with E-state index in [9.17, 15) is 14.7 Å². The first kappa shape index (κ1) is 19.9. The molecule has 6 heteroatoms. The van der Waals surface area contributed by atoms with E-state index in [2.05, 4.69) is 34.5 Å². The van der Waals surface area contributed by atoms with Gasteiger partial charge in [0, 0.05) is 25.2 Å². The van der Waals surface area contributed by atoms with Crippen LogP contribution in [-0.2, 0) is 11.3 Å². The summed E-state index contributed by atoms with van der Waals surface area (Å²) in [7, 11) is 4.07. The van der Waals surface area contributed by atoms with Gasteiger partial charge in [-0.1, -0.05) is 30.3 Å². The van der Waals surface area contributed by atoms with Crippen LogP contribution in [0.15, 0.2) is 42.5 Å². The summed E-state index contributed by atoms with van der Waals surface area (Å²) in [5, 5.41) is 11.9. The minimum absolute atomic E-state index is 0.0386. The third-order valence-electron chi connectivity index (χ3n) is 5.10. The van der Waals surface area contributed by atoms with E-state index in [1.54, 1.807) is 11.8 Å². The van der Waals surface area contributed by atoms with Crippen molar-refractivity contribution >= 4 is 17.7 Å². The maximum absolute atomic E-state index is 12.2. The minimum Gasteiger partial charge on any atom is -0.465 e. The molecule has 0 saturated carbocycles. The molecule has 0 saturated heterocycles. The second kappa shape index (κ2) is 8.02. The number of hydrogen-bond acceptors (Lipinski definition) is 3. The Hall–Kier alpha value is -2.86. The lowest BCUT2D eigenvalue weighted by atomic mass is 9.89. The molecule has 1 heterocycles. The highest BCUT2D eigenvalue weighted by Crippen LogP contribution is 2.39. The Kier molecular flexibility index (Phi) is 5.70. The number of nitrogens with zero attached hydrogens (tertiary/aromatic N) is 2. The zero-order chi connectivity index (χ0) is 20.4. The SMILES string of the molecule is CC(=O)N1c2ccc(-c3ccc(CN(C)C)cc3)cc2C(NC(=O)O)CC1C. The van der Waals surface area contributed by atoms with Gasteiger partial charge in [-0.2, -0.15) is 0 Å². The second-order valence-electron chi connectivity index (χ2n) is 7.68. The first-order valence-corrected chi connectivity index (χ1v) is 9.43. The normalized spacial score (nSPS) is 18.7. The lowest BCUT2D eigenvalue weighted by Crippen LogP contribution is -2.45. The van der Waals surface area contributed by atoms with Gasteiger partial charge in [0.1, 0.15) is 0 Å². The fourth-order valence-corrected chi connectivity index (χ4v) is 3.98. The zero-order valence-electron chi connectivity index (χ0n) is 16.8. The molecule has 6 nitrogen and oxygen atoms in total. The number of amides is 2. The smallest absolute Gasteiger partial charge is 0.405 e. The Morgan fingerprint density at radius 1 is 1.14 bits per heavy atom. The molecule has 28 heavy (non-hydrogen) atoms. The Labute approximate surface area is 165 Å². The van der Waals surface area contributed by atoms with Crippen molar-refractivity contribution in [3.8, 4) is 11.1 Å². The fourth-order valence-electron chi connectivity index (χ4n) is 3.98. The van der Waals surface area contributed by atoms with E-state index in [4.69, 9.17) is 0 Å². The van der Waals surface area contributed by atoms with Crippen LogP contribution >= 0.6 is 0 Å². The van der Waals surface area contributed by atoms with Crippen LogP contribution in [0.2, 0.25) is 0 Å². The van der Waals surface area contributed by atoms with Crippen molar-refractivity contribution in [2.24, 2.45) is 0 Å². The molecule has 0 bridgehead atoms. The highest BCUT2D eigenvalue weighted by Gasteiger charge is 2.33. The molecule has 3 rings (SSSR count). The van der Waals surface area contributed by atoms with Crippen LogP contribution in [-0.4, -0.2) is 42.1 Å². The topological polar surface area (TPSA) is 72.9 Å². The van der Waals surface area contributed by atoms with Crippen LogP contribution in [0, 0.1) is 0 Å². The quantitative estimate of drug-likeness (QED) is 0.843. The predicted molar refractivity (Wildman–Crippen MR) is 110 cm³/mol. The standard InChI is InChI=1S/C22H27N3O3/c1-14-11-20(23-22(27)28)19-12-18(9-10-21(19)25(14)15(2)26)17-7-5-16(6-8-17)13-24(3)4/h5-10,12,14,20,23H,11,13H2,1-4H3,(H,27,28). The molecule has 2 aromatic carbocycles. The van der Waals surface area contributed by atoms with E-state index >= 15 is 0 Å². The van der Waals surface area contributed by atoms with Gasteiger partial charge in [-0.25, -0.2) is 4.79 Å². The molecule has 2 aromatic rings. The summed E-state index contributed by atoms with van der Waals surface area (Å²) in [5.74, 6) is -0.0386. The largest absolute Gasteiger partial charge is 0.465 e. The van der Waals surface area contributed by atoms with Gasteiger partial charge in [0.15, 0.2) is 0 Å². The Morgan fingerprint density at radius 2 is 1.79 bits per heavy atom. The number of carbonyl (C=O) groups is 2. The van der Waals surface area contributed by atoms with Gasteiger partial charge in [0.25, 0.3) is 0 Å². The summed E-state index contributed by atoms with van der Waals surface area (Å²) in [6.45, 7) is 4.36. The number of benzene rings is 2. The van der Waals surface area contributed by atoms with Gasteiger partial charge in [-0.15, -0.1) is 0 Å². The van der Waals surface area contributed by atoms with E-state index in [1.165, 1.54) is 5.56 Å². The van der Waals surface area contributed by atoms with Gasteiger partial charge < -0.3 is 20.2 Å². The number of fused-ring (bicyclic) bond motifs is 1. The molecule has 2 atom stereocenters. The zero-order valence-corrected chi connectivity index (χ0v) is 16.8. The molecule has 1 aliphatic rings. The molecule has 0 aliphatic carbocycles. The van der Waals surface area contributed by atoms with E-state index < -0.39 is 6.09 Å². The average Bonchev–Trinajstić information content (AvgIpc) is 2.61. The van der Waals surface area contributed by atoms with E-state index in [0.29, 0.717) is 6.42 Å². The predicted octanol–water partition coefficient (Wildman–Crippen LogP) is 3.87. The van der Waals surface area contributed by atoms with Crippen LogP contribution < -0.4 is 10.2 Å². The van der Waals surface area contributed by atoms with Crippen molar-refractivity contribution in [3.05, 3.63) is 53.6 Å². The van der Waals surface area contributed by atoms with E-state index in [0.717, 1.165) is 28.9 Å². The molecule has 1 aliphatic heterocycles. The van der Waals surface area contributed by atoms with Crippen molar-refractivity contribution < 1.29 is 14.7 Å². The third-order valence-corrected chi connectivity index (χ3v) is 5.10. The summed E-state index contributed by atoms with van der Waals surface area (Å²) in [6.07, 6.45) is -0.512. The van der Waals surface area contributed by atoms with Crippen LogP contribution in [0.25, 0.3) is 11.1 Å². The first-order chi connectivity index (χ1) is 13.3. The first-order valence-electron chi connectivity index (χ1n) is 9.43. The van der Waals surface area contributed by atoms with Gasteiger partial charge in [-0.3, -0.25) is 4.79 Å². The number of carbonyl (C=O) groups excluding carboxylic acids is 1. The van der Waals surface area contributed by atoms with E-state index in [1.807, 2.05) is 39.2 Å². The third kappa shape index (κ3) is 4.17. The molecule has 2 N–H and O–H groups in total. The highest BCUT2D eigenvalue weighted by atomic mass is 16.4. The molecule has 2 amide bonds. The molecule has 0 aromatic heterocycles. The lowest BCUT2D eigenvalue weighted by molar-refractivity contribution is -0.117. The van der Waals surface area contributed by atoms with Crippen molar-refractivity contribution in [2.45, 2.75) is 38.9 Å². The summed E-state index contributed by atoms with van der Waals surface area (Å²) in [5.41, 5.74) is 4.91. The van der Waals surface area contributed by atoms with Crippen molar-refractivity contribution in [2.75, 3.05) is 19.0 Å².